The van der Waals surface area contributed by atoms with E-state index in [1.807, 2.05) is 4.90 Å². The first-order valence-corrected chi connectivity index (χ1v) is 11.2. The van der Waals surface area contributed by atoms with E-state index in [1.54, 1.807) is 43.8 Å². The van der Waals surface area contributed by atoms with Gasteiger partial charge in [-0.25, -0.2) is 9.97 Å². The molecule has 1 aliphatic heterocycles. The maximum atomic E-state index is 13.5. The Morgan fingerprint density at radius 3 is 2.79 bits per heavy atom. The van der Waals surface area contributed by atoms with E-state index in [9.17, 15) is 23.1 Å². The van der Waals surface area contributed by atoms with Crippen LogP contribution in [0.1, 0.15) is 31.5 Å². The van der Waals surface area contributed by atoms with Crippen molar-refractivity contribution in [1.82, 2.24) is 24.4 Å². The van der Waals surface area contributed by atoms with Gasteiger partial charge >= 0.3 is 6.18 Å². The van der Waals surface area contributed by atoms with Crippen LogP contribution in [0.2, 0.25) is 0 Å². The molecule has 34 heavy (non-hydrogen) atoms. The zero-order valence-corrected chi connectivity index (χ0v) is 18.9. The lowest BCUT2D eigenvalue weighted by atomic mass is 9.92. The molecule has 3 heterocycles. The monoisotopic (exact) mass is 476 g/mol. The zero-order chi connectivity index (χ0) is 24.3. The highest BCUT2D eigenvalue weighted by Gasteiger charge is 2.38. The molecule has 1 aliphatic rings. The SMILES string of the molecule is CN(CC1(O)CCCN(c2cnccn2)C1)C(=O)CCCn1c(C(F)(F)F)nc2ccccc21. The summed E-state index contributed by atoms with van der Waals surface area (Å²) in [6, 6.07) is 6.43. The first-order valence-electron chi connectivity index (χ1n) is 11.2. The molecule has 0 radical (unpaired) electrons. The van der Waals surface area contributed by atoms with Gasteiger partial charge < -0.3 is 19.5 Å². The Balaban J connectivity index is 1.36. The summed E-state index contributed by atoms with van der Waals surface area (Å²) in [5.74, 6) is -0.527. The Labute approximate surface area is 195 Å². The smallest absolute Gasteiger partial charge is 0.386 e. The van der Waals surface area contributed by atoms with Gasteiger partial charge in [0.05, 0.1) is 29.4 Å². The van der Waals surface area contributed by atoms with Gasteiger partial charge in [0, 0.05) is 45.5 Å². The molecule has 182 valence electrons. The van der Waals surface area contributed by atoms with E-state index in [1.165, 1.54) is 11.0 Å². The lowest BCUT2D eigenvalue weighted by Gasteiger charge is -2.41. The number of hydrogen-bond acceptors (Lipinski definition) is 6. The number of hydrogen-bond donors (Lipinski definition) is 1. The van der Waals surface area contributed by atoms with Crippen LogP contribution in [-0.2, 0) is 17.5 Å². The predicted octanol–water partition coefficient (Wildman–Crippen LogP) is 3.12. The summed E-state index contributed by atoms with van der Waals surface area (Å²) in [4.78, 5) is 28.2. The van der Waals surface area contributed by atoms with Crippen molar-refractivity contribution in [2.75, 3.05) is 31.6 Å². The second kappa shape index (κ2) is 9.57. The highest BCUT2D eigenvalue weighted by molar-refractivity contribution is 5.77. The number of rotatable bonds is 7. The maximum Gasteiger partial charge on any atom is 0.449 e. The molecule has 0 aliphatic carbocycles. The number of β-amino-alcohol motifs (C(OH)–C–C–N with tert-alkyl or cyclic N) is 1. The van der Waals surface area contributed by atoms with Crippen molar-refractivity contribution in [1.29, 1.82) is 0 Å². The van der Waals surface area contributed by atoms with Crippen LogP contribution in [0.5, 0.6) is 0 Å². The number of halogens is 3. The largest absolute Gasteiger partial charge is 0.449 e. The van der Waals surface area contributed by atoms with Crippen molar-refractivity contribution in [3.05, 3.63) is 48.7 Å². The molecular formula is C23H27F3N6O2. The molecule has 0 bridgehead atoms. The summed E-state index contributed by atoms with van der Waals surface area (Å²) in [7, 11) is 1.61. The third kappa shape index (κ3) is 5.30. The van der Waals surface area contributed by atoms with E-state index in [-0.39, 0.29) is 37.4 Å². The highest BCUT2D eigenvalue weighted by atomic mass is 19.4. The minimum Gasteiger partial charge on any atom is -0.386 e. The Morgan fingerprint density at radius 2 is 2.06 bits per heavy atom. The van der Waals surface area contributed by atoms with Crippen molar-refractivity contribution < 1.29 is 23.1 Å². The van der Waals surface area contributed by atoms with Gasteiger partial charge in [-0.1, -0.05) is 12.1 Å². The zero-order valence-electron chi connectivity index (χ0n) is 18.9. The molecule has 1 fully saturated rings. The second-order valence-electron chi connectivity index (χ2n) is 8.74. The molecule has 1 N–H and O–H groups in total. The fourth-order valence-electron chi connectivity index (χ4n) is 4.52. The van der Waals surface area contributed by atoms with Gasteiger partial charge in [-0.05, 0) is 31.4 Å². The molecule has 1 unspecified atom stereocenters. The first-order chi connectivity index (χ1) is 16.2. The number of piperidine rings is 1. The van der Waals surface area contributed by atoms with E-state index < -0.39 is 17.6 Å². The molecule has 1 atom stereocenters. The number of aryl methyl sites for hydroxylation is 1. The molecule has 4 rings (SSSR count). The van der Waals surface area contributed by atoms with Crippen LogP contribution >= 0.6 is 0 Å². The summed E-state index contributed by atoms with van der Waals surface area (Å²) in [6.45, 7) is 1.20. The van der Waals surface area contributed by atoms with Crippen LogP contribution in [0.15, 0.2) is 42.9 Å². The minimum absolute atomic E-state index is 0.0136. The van der Waals surface area contributed by atoms with Crippen molar-refractivity contribution in [3.8, 4) is 0 Å². The van der Waals surface area contributed by atoms with E-state index in [0.29, 0.717) is 24.3 Å². The van der Waals surface area contributed by atoms with Crippen molar-refractivity contribution in [2.24, 2.45) is 0 Å². The summed E-state index contributed by atoms with van der Waals surface area (Å²) in [6.07, 6.45) is 1.78. The second-order valence-corrected chi connectivity index (χ2v) is 8.74. The Kier molecular flexibility index (Phi) is 6.74. The standard InChI is InChI=1S/C23H27F3N6O2/c1-30(15-22(34)9-5-12-31(16-22)19-14-27-10-11-28-19)20(33)8-4-13-32-18-7-3-2-6-17(18)29-21(32)23(24,25)26/h2-3,6-7,10-11,14,34H,4-5,8-9,12-13,15-16H2,1H3. The average molecular weight is 477 g/mol. The van der Waals surface area contributed by atoms with Crippen LogP contribution < -0.4 is 4.90 Å². The number of anilines is 1. The third-order valence-corrected chi connectivity index (χ3v) is 6.07. The molecule has 8 nitrogen and oxygen atoms in total. The van der Waals surface area contributed by atoms with Gasteiger partial charge in [0.25, 0.3) is 0 Å². The van der Waals surface area contributed by atoms with Gasteiger partial charge in [-0.3, -0.25) is 9.78 Å². The summed E-state index contributed by atoms with van der Waals surface area (Å²) in [5, 5.41) is 11.1. The summed E-state index contributed by atoms with van der Waals surface area (Å²) < 4.78 is 41.5. The molecule has 1 amide bonds. The number of amides is 1. The lowest BCUT2D eigenvalue weighted by Crippen LogP contribution is -2.54. The van der Waals surface area contributed by atoms with Gasteiger partial charge in [0.1, 0.15) is 5.82 Å². The van der Waals surface area contributed by atoms with Crippen LogP contribution in [0.25, 0.3) is 11.0 Å². The number of aliphatic hydroxyl groups is 1. The normalized spacial score (nSPS) is 18.9. The van der Waals surface area contributed by atoms with Crippen LogP contribution in [0.4, 0.5) is 19.0 Å². The molecule has 3 aromatic rings. The predicted molar refractivity (Wildman–Crippen MR) is 120 cm³/mol. The number of nitrogens with zero attached hydrogens (tertiary/aromatic N) is 6. The van der Waals surface area contributed by atoms with Gasteiger partial charge in [-0.15, -0.1) is 0 Å². The Bertz CT molecular complexity index is 1140. The molecule has 1 aromatic carbocycles. The number of carbonyl (C=O) groups excluding carboxylic acids is 1. The Morgan fingerprint density at radius 1 is 1.26 bits per heavy atom. The average Bonchev–Trinajstić information content (AvgIpc) is 3.18. The van der Waals surface area contributed by atoms with Crippen molar-refractivity contribution in [2.45, 2.75) is 44.0 Å². The Hall–Kier alpha value is -3.21. The molecule has 1 saturated heterocycles. The molecule has 11 heteroatoms. The van der Waals surface area contributed by atoms with E-state index >= 15 is 0 Å². The van der Waals surface area contributed by atoms with Gasteiger partial charge in [-0.2, -0.15) is 13.2 Å². The third-order valence-electron chi connectivity index (χ3n) is 6.07. The number of imidazole rings is 1. The number of likely N-dealkylation sites (N-methyl/N-ethyl adjacent to an activating group) is 1. The number of benzene rings is 1. The fourth-order valence-corrected chi connectivity index (χ4v) is 4.52. The van der Waals surface area contributed by atoms with E-state index in [4.69, 9.17) is 0 Å². The minimum atomic E-state index is -4.58. The van der Waals surface area contributed by atoms with E-state index in [2.05, 4.69) is 15.0 Å². The molecular weight excluding hydrogens is 449 g/mol. The fraction of sp³-hybridized carbons (Fsp3) is 0.478. The maximum absolute atomic E-state index is 13.5. The van der Waals surface area contributed by atoms with Crippen LogP contribution in [0.3, 0.4) is 0 Å². The molecule has 2 aromatic heterocycles. The summed E-state index contributed by atoms with van der Waals surface area (Å²) in [5.41, 5.74) is -0.453. The number of para-hydroxylation sites is 2. The van der Waals surface area contributed by atoms with Gasteiger partial charge in [0.15, 0.2) is 0 Å². The lowest BCUT2D eigenvalue weighted by molar-refractivity contribution is -0.147. The number of fused-ring (bicyclic) bond motifs is 1. The molecule has 0 spiro atoms. The summed E-state index contributed by atoms with van der Waals surface area (Å²) >= 11 is 0. The number of carbonyl (C=O) groups is 1. The van der Waals surface area contributed by atoms with E-state index in [0.717, 1.165) is 17.5 Å². The molecule has 0 saturated carbocycles. The van der Waals surface area contributed by atoms with Crippen molar-refractivity contribution >= 4 is 22.8 Å². The van der Waals surface area contributed by atoms with Crippen LogP contribution in [0, 0.1) is 0 Å². The number of aromatic nitrogens is 4. The van der Waals surface area contributed by atoms with Crippen molar-refractivity contribution in [3.63, 3.8) is 0 Å². The topological polar surface area (TPSA) is 87.4 Å². The number of alkyl halides is 3. The van der Waals surface area contributed by atoms with Crippen LogP contribution in [-0.4, -0.2) is 67.7 Å². The highest BCUT2D eigenvalue weighted by Crippen LogP contribution is 2.32. The van der Waals surface area contributed by atoms with Gasteiger partial charge in [0.2, 0.25) is 11.7 Å². The quantitative estimate of drug-likeness (QED) is 0.564. The first kappa shape index (κ1) is 23.9.